The minimum atomic E-state index is -0.157. The SMILES string of the molecule is Cc1ccc(OCC(=O)NCc2cnn3ccccc23)cc1. The van der Waals surface area contributed by atoms with Crippen LogP contribution in [0.25, 0.3) is 5.52 Å². The summed E-state index contributed by atoms with van der Waals surface area (Å²) < 4.78 is 7.23. The maximum atomic E-state index is 11.9. The molecule has 22 heavy (non-hydrogen) atoms. The van der Waals surface area contributed by atoms with Crippen LogP contribution in [0, 0.1) is 6.92 Å². The Labute approximate surface area is 128 Å². The zero-order valence-corrected chi connectivity index (χ0v) is 12.3. The van der Waals surface area contributed by atoms with E-state index in [9.17, 15) is 4.79 Å². The molecule has 1 N–H and O–H groups in total. The Morgan fingerprint density at radius 1 is 1.23 bits per heavy atom. The summed E-state index contributed by atoms with van der Waals surface area (Å²) in [4.78, 5) is 11.9. The van der Waals surface area contributed by atoms with Crippen LogP contribution in [-0.4, -0.2) is 22.1 Å². The van der Waals surface area contributed by atoms with Gasteiger partial charge in [0.2, 0.25) is 0 Å². The molecule has 2 heterocycles. The van der Waals surface area contributed by atoms with E-state index < -0.39 is 0 Å². The van der Waals surface area contributed by atoms with Crippen molar-refractivity contribution in [1.82, 2.24) is 14.9 Å². The summed E-state index contributed by atoms with van der Waals surface area (Å²) in [6.07, 6.45) is 3.64. The first kappa shape index (κ1) is 14.1. The first-order valence-electron chi connectivity index (χ1n) is 7.10. The monoisotopic (exact) mass is 295 g/mol. The Balaban J connectivity index is 1.53. The topological polar surface area (TPSA) is 55.6 Å². The lowest BCUT2D eigenvalue weighted by Gasteiger charge is -2.07. The normalized spacial score (nSPS) is 10.6. The molecule has 0 unspecified atom stereocenters. The zero-order valence-electron chi connectivity index (χ0n) is 12.3. The fraction of sp³-hybridized carbons (Fsp3) is 0.176. The lowest BCUT2D eigenvalue weighted by atomic mass is 10.2. The van der Waals surface area contributed by atoms with Gasteiger partial charge in [0.1, 0.15) is 5.75 Å². The molecule has 1 amide bonds. The van der Waals surface area contributed by atoms with E-state index in [0.29, 0.717) is 12.3 Å². The number of fused-ring (bicyclic) bond motifs is 1. The summed E-state index contributed by atoms with van der Waals surface area (Å²) in [5.41, 5.74) is 3.12. The Morgan fingerprint density at radius 2 is 2.05 bits per heavy atom. The van der Waals surface area contributed by atoms with E-state index in [1.807, 2.05) is 55.6 Å². The van der Waals surface area contributed by atoms with Crippen LogP contribution in [0.15, 0.2) is 54.9 Å². The van der Waals surface area contributed by atoms with Crippen molar-refractivity contribution in [3.05, 3.63) is 66.0 Å². The van der Waals surface area contributed by atoms with Gasteiger partial charge < -0.3 is 10.1 Å². The number of ether oxygens (including phenoxy) is 1. The second-order valence-electron chi connectivity index (χ2n) is 5.08. The molecule has 2 aromatic heterocycles. The minimum absolute atomic E-state index is 0.00226. The van der Waals surface area contributed by atoms with Gasteiger partial charge in [-0.3, -0.25) is 4.79 Å². The molecule has 0 aliphatic rings. The summed E-state index contributed by atoms with van der Waals surface area (Å²) >= 11 is 0. The first-order chi connectivity index (χ1) is 10.7. The molecule has 0 saturated carbocycles. The highest BCUT2D eigenvalue weighted by Gasteiger charge is 2.06. The predicted molar refractivity (Wildman–Crippen MR) is 83.7 cm³/mol. The van der Waals surface area contributed by atoms with Crippen molar-refractivity contribution in [3.8, 4) is 5.75 Å². The van der Waals surface area contributed by atoms with Crippen molar-refractivity contribution in [3.63, 3.8) is 0 Å². The summed E-state index contributed by atoms with van der Waals surface area (Å²) in [6, 6.07) is 13.4. The van der Waals surface area contributed by atoms with E-state index in [0.717, 1.165) is 16.6 Å². The number of amides is 1. The molecule has 0 aliphatic heterocycles. The summed E-state index contributed by atoms with van der Waals surface area (Å²) in [5.74, 6) is 0.535. The molecule has 0 spiro atoms. The standard InChI is InChI=1S/C17H17N3O2/c1-13-5-7-15(8-6-13)22-12-17(21)18-10-14-11-19-20-9-3-2-4-16(14)20/h2-9,11H,10,12H2,1H3,(H,18,21). The van der Waals surface area contributed by atoms with E-state index >= 15 is 0 Å². The molecular weight excluding hydrogens is 278 g/mol. The molecule has 5 heteroatoms. The van der Waals surface area contributed by atoms with E-state index in [4.69, 9.17) is 4.74 Å². The Bertz CT molecular complexity index is 778. The molecule has 0 fully saturated rings. The summed E-state index contributed by atoms with van der Waals surface area (Å²) in [6.45, 7) is 2.44. The molecule has 0 bridgehead atoms. The van der Waals surface area contributed by atoms with Gasteiger partial charge in [0, 0.05) is 18.3 Å². The van der Waals surface area contributed by atoms with Crippen molar-refractivity contribution in [2.75, 3.05) is 6.61 Å². The van der Waals surface area contributed by atoms with Gasteiger partial charge in [-0.1, -0.05) is 23.8 Å². The summed E-state index contributed by atoms with van der Waals surface area (Å²) in [7, 11) is 0. The van der Waals surface area contributed by atoms with E-state index in [1.54, 1.807) is 10.7 Å². The molecule has 0 saturated heterocycles. The van der Waals surface area contributed by atoms with Crippen molar-refractivity contribution in [2.45, 2.75) is 13.5 Å². The number of hydrogen-bond donors (Lipinski definition) is 1. The van der Waals surface area contributed by atoms with E-state index in [2.05, 4.69) is 10.4 Å². The van der Waals surface area contributed by atoms with Crippen LogP contribution in [0.4, 0.5) is 0 Å². The van der Waals surface area contributed by atoms with Crippen molar-refractivity contribution in [1.29, 1.82) is 0 Å². The third kappa shape index (κ3) is 3.25. The van der Waals surface area contributed by atoms with Crippen molar-refractivity contribution < 1.29 is 9.53 Å². The molecule has 5 nitrogen and oxygen atoms in total. The van der Waals surface area contributed by atoms with Crippen LogP contribution < -0.4 is 10.1 Å². The van der Waals surface area contributed by atoms with Crippen LogP contribution in [0.5, 0.6) is 5.75 Å². The lowest BCUT2D eigenvalue weighted by molar-refractivity contribution is -0.123. The summed E-state index contributed by atoms with van der Waals surface area (Å²) in [5, 5.41) is 7.07. The minimum Gasteiger partial charge on any atom is -0.484 e. The molecule has 0 atom stereocenters. The number of carbonyl (C=O) groups is 1. The maximum absolute atomic E-state index is 11.9. The van der Waals surface area contributed by atoms with Gasteiger partial charge in [-0.25, -0.2) is 4.52 Å². The van der Waals surface area contributed by atoms with Crippen LogP contribution in [0.3, 0.4) is 0 Å². The van der Waals surface area contributed by atoms with Crippen LogP contribution >= 0.6 is 0 Å². The Hall–Kier alpha value is -2.82. The number of nitrogens with zero attached hydrogens (tertiary/aromatic N) is 2. The Morgan fingerprint density at radius 3 is 2.86 bits per heavy atom. The average Bonchev–Trinajstić information content (AvgIpc) is 2.96. The van der Waals surface area contributed by atoms with Gasteiger partial charge >= 0.3 is 0 Å². The number of nitrogens with one attached hydrogen (secondary N) is 1. The third-order valence-corrected chi connectivity index (χ3v) is 3.37. The second kappa shape index (κ2) is 6.30. The van der Waals surface area contributed by atoms with Gasteiger partial charge in [0.05, 0.1) is 11.7 Å². The number of benzene rings is 1. The molecular formula is C17H17N3O2. The van der Waals surface area contributed by atoms with Gasteiger partial charge in [-0.15, -0.1) is 0 Å². The van der Waals surface area contributed by atoms with Crippen LogP contribution in [0.1, 0.15) is 11.1 Å². The van der Waals surface area contributed by atoms with Crippen molar-refractivity contribution in [2.24, 2.45) is 0 Å². The van der Waals surface area contributed by atoms with Crippen molar-refractivity contribution >= 4 is 11.4 Å². The molecule has 3 rings (SSSR count). The molecule has 0 radical (unpaired) electrons. The zero-order chi connectivity index (χ0) is 15.4. The highest BCUT2D eigenvalue weighted by Crippen LogP contribution is 2.11. The number of carbonyl (C=O) groups excluding carboxylic acids is 1. The fourth-order valence-corrected chi connectivity index (χ4v) is 2.15. The van der Waals surface area contributed by atoms with Crippen LogP contribution in [0.2, 0.25) is 0 Å². The largest absolute Gasteiger partial charge is 0.484 e. The van der Waals surface area contributed by atoms with Gasteiger partial charge in [0.15, 0.2) is 6.61 Å². The van der Waals surface area contributed by atoms with Gasteiger partial charge in [0.25, 0.3) is 5.91 Å². The number of pyridine rings is 1. The lowest BCUT2D eigenvalue weighted by Crippen LogP contribution is -2.28. The predicted octanol–water partition coefficient (Wildman–Crippen LogP) is 2.34. The van der Waals surface area contributed by atoms with E-state index in [-0.39, 0.29) is 12.5 Å². The average molecular weight is 295 g/mol. The molecule has 1 aromatic carbocycles. The fourth-order valence-electron chi connectivity index (χ4n) is 2.15. The number of rotatable bonds is 5. The quantitative estimate of drug-likeness (QED) is 0.786. The molecule has 0 aliphatic carbocycles. The highest BCUT2D eigenvalue weighted by atomic mass is 16.5. The van der Waals surface area contributed by atoms with E-state index in [1.165, 1.54) is 0 Å². The third-order valence-electron chi connectivity index (χ3n) is 3.37. The molecule has 3 aromatic rings. The Kier molecular flexibility index (Phi) is 4.05. The number of aryl methyl sites for hydroxylation is 1. The smallest absolute Gasteiger partial charge is 0.258 e. The van der Waals surface area contributed by atoms with Gasteiger partial charge in [-0.2, -0.15) is 5.10 Å². The number of aromatic nitrogens is 2. The molecule has 112 valence electrons. The highest BCUT2D eigenvalue weighted by molar-refractivity contribution is 5.77. The first-order valence-corrected chi connectivity index (χ1v) is 7.10. The van der Waals surface area contributed by atoms with Gasteiger partial charge in [-0.05, 0) is 31.2 Å². The van der Waals surface area contributed by atoms with Crippen LogP contribution in [-0.2, 0) is 11.3 Å². The number of hydrogen-bond acceptors (Lipinski definition) is 3. The second-order valence-corrected chi connectivity index (χ2v) is 5.08. The maximum Gasteiger partial charge on any atom is 0.258 e.